The molecule has 0 atom stereocenters. The van der Waals surface area contributed by atoms with Crippen molar-refractivity contribution in [2.75, 3.05) is 25.1 Å². The van der Waals surface area contributed by atoms with Gasteiger partial charge in [0.1, 0.15) is 6.61 Å². The van der Waals surface area contributed by atoms with Gasteiger partial charge >= 0.3 is 6.09 Å². The number of benzene rings is 1. The van der Waals surface area contributed by atoms with Crippen molar-refractivity contribution in [3.05, 3.63) is 65.7 Å². The molecule has 1 amide bonds. The molecule has 0 aliphatic carbocycles. The van der Waals surface area contributed by atoms with E-state index < -0.39 is 16.1 Å². The van der Waals surface area contributed by atoms with Crippen molar-refractivity contribution in [2.45, 2.75) is 25.5 Å². The summed E-state index contributed by atoms with van der Waals surface area (Å²) in [5.74, 6) is 0. The smallest absolute Gasteiger partial charge is 0.414 e. The Bertz CT molecular complexity index is 933. The van der Waals surface area contributed by atoms with Crippen LogP contribution in [0.2, 0.25) is 0 Å². The van der Waals surface area contributed by atoms with Gasteiger partial charge in [0.25, 0.3) is 0 Å². The van der Waals surface area contributed by atoms with Gasteiger partial charge in [0.05, 0.1) is 23.4 Å². The average molecular weight is 420 g/mol. The molecular weight excluding hydrogens is 394 g/mol. The van der Waals surface area contributed by atoms with Gasteiger partial charge in [0.15, 0.2) is 0 Å². The fourth-order valence-electron chi connectivity index (χ4n) is 3.52. The molecule has 2 aliphatic heterocycles. The summed E-state index contributed by atoms with van der Waals surface area (Å²) in [6.45, 7) is 8.12. The van der Waals surface area contributed by atoms with E-state index in [9.17, 15) is 13.2 Å². The van der Waals surface area contributed by atoms with E-state index in [1.165, 1.54) is 23.6 Å². The molecule has 1 saturated heterocycles. The van der Waals surface area contributed by atoms with Crippen molar-refractivity contribution >= 4 is 21.8 Å². The first-order chi connectivity index (χ1) is 13.9. The van der Waals surface area contributed by atoms with E-state index in [0.29, 0.717) is 18.5 Å². The molecule has 1 fully saturated rings. The summed E-state index contributed by atoms with van der Waals surface area (Å²) in [7, 11) is -2.31. The molecular formula is C20H25N3O5S. The number of hydrogen-bond donors (Lipinski definition) is 1. The van der Waals surface area contributed by atoms with Crippen molar-refractivity contribution in [2.24, 2.45) is 0 Å². The van der Waals surface area contributed by atoms with Crippen molar-refractivity contribution in [1.29, 1.82) is 0 Å². The highest BCUT2D eigenvalue weighted by Gasteiger charge is 2.37. The van der Waals surface area contributed by atoms with Gasteiger partial charge in [-0.2, -0.15) is 4.31 Å². The molecule has 0 saturated carbocycles. The SMILES string of the molecule is C=C/C(=C\C(=C)S(=O)(=O)N1CCC(N2C(=O)OCc3ccccc32)CC1)NOC. The van der Waals surface area contributed by atoms with E-state index in [1.54, 1.807) is 4.90 Å². The molecule has 29 heavy (non-hydrogen) atoms. The summed E-state index contributed by atoms with van der Waals surface area (Å²) in [5.41, 5.74) is 4.72. The molecule has 0 unspecified atom stereocenters. The predicted octanol–water partition coefficient (Wildman–Crippen LogP) is 2.67. The van der Waals surface area contributed by atoms with Crippen LogP contribution >= 0.6 is 0 Å². The zero-order valence-corrected chi connectivity index (χ0v) is 17.2. The fourth-order valence-corrected chi connectivity index (χ4v) is 4.82. The number of hydroxylamine groups is 1. The predicted molar refractivity (Wildman–Crippen MR) is 110 cm³/mol. The van der Waals surface area contributed by atoms with E-state index in [0.717, 1.165) is 11.3 Å². The molecule has 0 radical (unpaired) electrons. The number of rotatable bonds is 7. The number of nitrogens with zero attached hydrogens (tertiary/aromatic N) is 2. The Morgan fingerprint density at radius 1 is 1.31 bits per heavy atom. The molecule has 1 aromatic rings. The third kappa shape index (κ3) is 4.36. The maximum Gasteiger partial charge on any atom is 0.414 e. The number of amides is 1. The summed E-state index contributed by atoms with van der Waals surface area (Å²) < 4.78 is 32.4. The molecule has 156 valence electrons. The highest BCUT2D eigenvalue weighted by Crippen LogP contribution is 2.32. The summed E-state index contributed by atoms with van der Waals surface area (Å²) in [4.78, 5) is 18.8. The second-order valence-corrected chi connectivity index (χ2v) is 8.76. The standard InChI is InChI=1S/C20H25N3O5S/c1-4-17(21-27-3)13-15(2)29(25,26)22-11-9-18(10-12-22)23-19-8-6-5-7-16(19)14-28-20(23)24/h4-8,13,18,21H,1-2,9-12,14H2,3H3/b17-13+. The van der Waals surface area contributed by atoms with Gasteiger partial charge in [-0.15, -0.1) is 0 Å². The first-order valence-electron chi connectivity index (χ1n) is 9.24. The average Bonchev–Trinajstić information content (AvgIpc) is 2.73. The Balaban J connectivity index is 1.71. The molecule has 0 spiro atoms. The zero-order chi connectivity index (χ0) is 21.0. The molecule has 9 heteroatoms. The van der Waals surface area contributed by atoms with Gasteiger partial charge in [-0.05, 0) is 31.1 Å². The number of piperidine rings is 1. The lowest BCUT2D eigenvalue weighted by Crippen LogP contribution is -2.50. The molecule has 2 aliphatic rings. The van der Waals surface area contributed by atoms with E-state index in [4.69, 9.17) is 9.57 Å². The number of sulfonamides is 1. The largest absolute Gasteiger partial charge is 0.444 e. The van der Waals surface area contributed by atoms with E-state index in [2.05, 4.69) is 18.6 Å². The van der Waals surface area contributed by atoms with Gasteiger partial charge in [0.2, 0.25) is 10.0 Å². The number of para-hydroxylation sites is 1. The first kappa shape index (κ1) is 21.1. The number of carbonyl (C=O) groups excluding carboxylic acids is 1. The van der Waals surface area contributed by atoms with E-state index in [-0.39, 0.29) is 30.6 Å². The lowest BCUT2D eigenvalue weighted by Gasteiger charge is -2.39. The van der Waals surface area contributed by atoms with Crippen molar-refractivity contribution in [3.63, 3.8) is 0 Å². The topological polar surface area (TPSA) is 88.2 Å². The van der Waals surface area contributed by atoms with Crippen LogP contribution in [0.4, 0.5) is 10.5 Å². The van der Waals surface area contributed by atoms with Crippen LogP contribution in [0, 0.1) is 0 Å². The summed E-state index contributed by atoms with van der Waals surface area (Å²) >= 11 is 0. The molecule has 1 N–H and O–H groups in total. The van der Waals surface area contributed by atoms with Crippen LogP contribution in [0.15, 0.2) is 60.2 Å². The fraction of sp³-hybridized carbons (Fsp3) is 0.350. The second kappa shape index (κ2) is 8.81. The molecule has 0 bridgehead atoms. The summed E-state index contributed by atoms with van der Waals surface area (Å²) in [6, 6.07) is 7.48. The number of allylic oxidation sites excluding steroid dienone is 2. The van der Waals surface area contributed by atoms with Crippen molar-refractivity contribution in [1.82, 2.24) is 9.79 Å². The summed E-state index contributed by atoms with van der Waals surface area (Å²) in [6.07, 6.45) is 3.43. The molecule has 2 heterocycles. The van der Waals surface area contributed by atoms with Gasteiger partial charge < -0.3 is 4.74 Å². The minimum absolute atomic E-state index is 0.0573. The van der Waals surface area contributed by atoms with E-state index in [1.807, 2.05) is 24.3 Å². The van der Waals surface area contributed by atoms with Gasteiger partial charge in [0, 0.05) is 24.7 Å². The number of hydrogen-bond acceptors (Lipinski definition) is 6. The lowest BCUT2D eigenvalue weighted by atomic mass is 10.0. The van der Waals surface area contributed by atoms with E-state index >= 15 is 0 Å². The number of cyclic esters (lactones) is 1. The maximum atomic E-state index is 12.9. The molecule has 3 rings (SSSR count). The minimum Gasteiger partial charge on any atom is -0.444 e. The Morgan fingerprint density at radius 2 is 2.00 bits per heavy atom. The number of anilines is 1. The van der Waals surface area contributed by atoms with Crippen LogP contribution in [-0.2, 0) is 26.2 Å². The van der Waals surface area contributed by atoms with Crippen LogP contribution in [-0.4, -0.2) is 45.1 Å². The molecule has 8 nitrogen and oxygen atoms in total. The van der Waals surface area contributed by atoms with Crippen molar-refractivity contribution < 1.29 is 22.8 Å². The quantitative estimate of drug-likeness (QED) is 0.540. The number of fused-ring (bicyclic) bond motifs is 1. The Hall–Kier alpha value is -2.62. The maximum absolute atomic E-state index is 12.9. The van der Waals surface area contributed by atoms with Crippen LogP contribution in [0.1, 0.15) is 18.4 Å². The Labute approximate surface area is 171 Å². The number of ether oxygens (including phenoxy) is 1. The lowest BCUT2D eigenvalue weighted by molar-refractivity contribution is 0.121. The monoisotopic (exact) mass is 419 g/mol. The van der Waals surface area contributed by atoms with Gasteiger partial charge in [-0.3, -0.25) is 15.2 Å². The van der Waals surface area contributed by atoms with Crippen LogP contribution in [0.3, 0.4) is 0 Å². The number of carbonyl (C=O) groups is 1. The second-order valence-electron chi connectivity index (χ2n) is 6.76. The van der Waals surface area contributed by atoms with Crippen molar-refractivity contribution in [3.8, 4) is 0 Å². The van der Waals surface area contributed by atoms with Gasteiger partial charge in [-0.1, -0.05) is 31.4 Å². The Morgan fingerprint density at radius 3 is 2.66 bits per heavy atom. The zero-order valence-electron chi connectivity index (χ0n) is 16.3. The summed E-state index contributed by atoms with van der Waals surface area (Å²) in [5, 5.41) is 0. The van der Waals surface area contributed by atoms with Crippen LogP contribution in [0.25, 0.3) is 0 Å². The van der Waals surface area contributed by atoms with Gasteiger partial charge in [-0.25, -0.2) is 13.2 Å². The van der Waals surface area contributed by atoms with Crippen LogP contribution in [0.5, 0.6) is 0 Å². The Kier molecular flexibility index (Phi) is 6.41. The third-order valence-electron chi connectivity index (χ3n) is 5.02. The molecule has 1 aromatic carbocycles. The van der Waals surface area contributed by atoms with Crippen LogP contribution < -0.4 is 10.4 Å². The first-order valence-corrected chi connectivity index (χ1v) is 10.7. The normalized spacial score (nSPS) is 18.7. The minimum atomic E-state index is -3.73. The number of nitrogens with one attached hydrogen (secondary N) is 1. The highest BCUT2D eigenvalue weighted by molar-refractivity contribution is 7.93. The molecule has 0 aromatic heterocycles. The third-order valence-corrected chi connectivity index (χ3v) is 6.84. The highest BCUT2D eigenvalue weighted by atomic mass is 32.2.